The van der Waals surface area contributed by atoms with Gasteiger partial charge in [-0.3, -0.25) is 9.59 Å². The smallest absolute Gasteiger partial charge is 0.230 e. The number of aryl methyl sites for hydroxylation is 6. The normalized spacial score (nSPS) is 10.8. The van der Waals surface area contributed by atoms with Crippen LogP contribution in [0.1, 0.15) is 54.1 Å². The van der Waals surface area contributed by atoms with E-state index in [1.54, 1.807) is 0 Å². The van der Waals surface area contributed by atoms with E-state index in [-0.39, 0.29) is 10.2 Å². The summed E-state index contributed by atoms with van der Waals surface area (Å²) in [6, 6.07) is 8.01. The predicted molar refractivity (Wildman–Crippen MR) is 105 cm³/mol. The van der Waals surface area contributed by atoms with Gasteiger partial charge in [-0.1, -0.05) is 35.4 Å². The summed E-state index contributed by atoms with van der Waals surface area (Å²) in [5.41, 5.74) is 7.54. The molecule has 0 saturated carbocycles. The van der Waals surface area contributed by atoms with Crippen LogP contribution >= 0.6 is 21.6 Å². The van der Waals surface area contributed by atoms with Crippen LogP contribution in [0.15, 0.2) is 24.3 Å². The molecule has 2 aromatic rings. The van der Waals surface area contributed by atoms with Gasteiger partial charge in [0, 0.05) is 11.1 Å². The minimum absolute atomic E-state index is 0.0641. The molecular weight excluding hydrogens is 336 g/mol. The molecule has 0 aliphatic heterocycles. The van der Waals surface area contributed by atoms with Crippen molar-refractivity contribution in [1.29, 1.82) is 0 Å². The Morgan fingerprint density at radius 3 is 1.08 bits per heavy atom. The predicted octanol–water partition coefficient (Wildman–Crippen LogP) is 5.90. The Balaban J connectivity index is 2.17. The summed E-state index contributed by atoms with van der Waals surface area (Å²) in [6.45, 7) is 11.8. The molecule has 24 heavy (non-hydrogen) atoms. The van der Waals surface area contributed by atoms with Crippen LogP contribution in [0.5, 0.6) is 0 Å². The van der Waals surface area contributed by atoms with E-state index in [0.717, 1.165) is 55.0 Å². The first-order valence-electron chi connectivity index (χ1n) is 7.79. The zero-order valence-electron chi connectivity index (χ0n) is 14.9. The van der Waals surface area contributed by atoms with Gasteiger partial charge in [0.25, 0.3) is 0 Å². The number of rotatable bonds is 2. The molecule has 2 aromatic carbocycles. The molecule has 0 amide bonds. The first kappa shape index (κ1) is 18.8. The quantitative estimate of drug-likeness (QED) is 0.626. The summed E-state index contributed by atoms with van der Waals surface area (Å²) in [5.74, 6) is 0. The van der Waals surface area contributed by atoms with Gasteiger partial charge < -0.3 is 0 Å². The van der Waals surface area contributed by atoms with Gasteiger partial charge in [0.05, 0.1) is 0 Å². The van der Waals surface area contributed by atoms with E-state index in [2.05, 4.69) is 0 Å². The van der Waals surface area contributed by atoms with Gasteiger partial charge in [-0.2, -0.15) is 0 Å². The highest BCUT2D eigenvalue weighted by Crippen LogP contribution is 2.33. The lowest BCUT2D eigenvalue weighted by atomic mass is 10.0. The van der Waals surface area contributed by atoms with Crippen molar-refractivity contribution in [3.05, 3.63) is 68.8 Å². The number of hydrogen-bond acceptors (Lipinski definition) is 4. The van der Waals surface area contributed by atoms with Gasteiger partial charge >= 0.3 is 0 Å². The lowest BCUT2D eigenvalue weighted by Gasteiger charge is -2.11. The molecular formula is C20H22O2S2. The third-order valence-electron chi connectivity index (χ3n) is 3.96. The fourth-order valence-electron chi connectivity index (χ4n) is 3.16. The Morgan fingerprint density at radius 2 is 0.833 bits per heavy atom. The Hall–Kier alpha value is -1.52. The Labute approximate surface area is 151 Å². The largest absolute Gasteiger partial charge is 0.281 e. The summed E-state index contributed by atoms with van der Waals surface area (Å²) < 4.78 is 0. The van der Waals surface area contributed by atoms with Crippen LogP contribution in [0.25, 0.3) is 0 Å². The van der Waals surface area contributed by atoms with Crippen LogP contribution in [0, 0.1) is 41.5 Å². The number of carbonyl (C=O) groups excluding carboxylic acids is 2. The molecule has 0 saturated heterocycles. The van der Waals surface area contributed by atoms with Crippen LogP contribution in [-0.4, -0.2) is 10.2 Å². The summed E-state index contributed by atoms with van der Waals surface area (Å²) in [5, 5.41) is -0.128. The lowest BCUT2D eigenvalue weighted by molar-refractivity contribution is 0.107. The van der Waals surface area contributed by atoms with E-state index in [9.17, 15) is 9.59 Å². The van der Waals surface area contributed by atoms with Crippen molar-refractivity contribution >= 4 is 31.8 Å². The van der Waals surface area contributed by atoms with E-state index in [1.165, 1.54) is 0 Å². The van der Waals surface area contributed by atoms with Crippen molar-refractivity contribution in [1.82, 2.24) is 0 Å². The fraction of sp³-hybridized carbons (Fsp3) is 0.300. The zero-order valence-corrected chi connectivity index (χ0v) is 16.6. The standard InChI is InChI=1S/C20H22O2S2/c1-11-7-13(3)17(14(4)8-11)19(21)23-24-20(22)18-15(5)9-12(2)10-16(18)6/h7-10H,1-6H3. The molecule has 2 nitrogen and oxygen atoms in total. The van der Waals surface area contributed by atoms with Gasteiger partial charge in [0.15, 0.2) is 0 Å². The maximum absolute atomic E-state index is 12.5. The molecule has 0 N–H and O–H groups in total. The summed E-state index contributed by atoms with van der Waals surface area (Å²) in [4.78, 5) is 25.1. The van der Waals surface area contributed by atoms with Crippen molar-refractivity contribution in [3.63, 3.8) is 0 Å². The third kappa shape index (κ3) is 4.11. The molecule has 2 rings (SSSR count). The van der Waals surface area contributed by atoms with E-state index >= 15 is 0 Å². The van der Waals surface area contributed by atoms with E-state index < -0.39 is 0 Å². The molecule has 0 radical (unpaired) electrons. The topological polar surface area (TPSA) is 34.1 Å². The number of carbonyl (C=O) groups is 2. The van der Waals surface area contributed by atoms with E-state index in [1.807, 2.05) is 65.8 Å². The zero-order chi connectivity index (χ0) is 18.0. The Kier molecular flexibility index (Phi) is 5.94. The van der Waals surface area contributed by atoms with Crippen molar-refractivity contribution in [2.24, 2.45) is 0 Å². The van der Waals surface area contributed by atoms with Gasteiger partial charge in [0.1, 0.15) is 0 Å². The van der Waals surface area contributed by atoms with Crippen LogP contribution in [-0.2, 0) is 0 Å². The van der Waals surface area contributed by atoms with Gasteiger partial charge in [-0.25, -0.2) is 0 Å². The average molecular weight is 359 g/mol. The molecule has 0 heterocycles. The van der Waals surface area contributed by atoms with Crippen molar-refractivity contribution in [2.45, 2.75) is 41.5 Å². The summed E-state index contributed by atoms with van der Waals surface area (Å²) in [6.07, 6.45) is 0. The number of hydrogen-bond donors (Lipinski definition) is 0. The Morgan fingerprint density at radius 1 is 0.583 bits per heavy atom. The molecule has 0 bridgehead atoms. The van der Waals surface area contributed by atoms with Crippen LogP contribution in [0.2, 0.25) is 0 Å². The molecule has 0 unspecified atom stereocenters. The molecule has 0 spiro atoms. The summed E-state index contributed by atoms with van der Waals surface area (Å²) >= 11 is 0. The van der Waals surface area contributed by atoms with E-state index in [4.69, 9.17) is 0 Å². The first-order valence-corrected chi connectivity index (χ1v) is 9.94. The minimum Gasteiger partial charge on any atom is -0.281 e. The lowest BCUT2D eigenvalue weighted by Crippen LogP contribution is -2.03. The molecule has 4 heteroatoms. The SMILES string of the molecule is Cc1cc(C)c(C(=O)SSC(=O)c2c(C)cc(C)cc2C)c(C)c1. The van der Waals surface area contributed by atoms with Gasteiger partial charge in [-0.05, 0) is 85.4 Å². The molecule has 0 aliphatic carbocycles. The maximum Gasteiger partial charge on any atom is 0.230 e. The summed E-state index contributed by atoms with van der Waals surface area (Å²) in [7, 11) is 2.03. The van der Waals surface area contributed by atoms with Crippen LogP contribution in [0.3, 0.4) is 0 Å². The van der Waals surface area contributed by atoms with Crippen LogP contribution in [0.4, 0.5) is 0 Å². The van der Waals surface area contributed by atoms with Gasteiger partial charge in [0.2, 0.25) is 10.2 Å². The minimum atomic E-state index is -0.0641. The molecule has 0 fully saturated rings. The maximum atomic E-state index is 12.5. The van der Waals surface area contributed by atoms with Crippen molar-refractivity contribution < 1.29 is 9.59 Å². The molecule has 126 valence electrons. The second kappa shape index (κ2) is 7.58. The molecule has 0 aliphatic rings. The second-order valence-corrected chi connectivity index (χ2v) is 8.36. The Bertz CT molecular complexity index is 707. The van der Waals surface area contributed by atoms with Crippen molar-refractivity contribution in [3.8, 4) is 0 Å². The molecule has 0 aromatic heterocycles. The van der Waals surface area contributed by atoms with Crippen LogP contribution < -0.4 is 0 Å². The van der Waals surface area contributed by atoms with Crippen molar-refractivity contribution in [2.75, 3.05) is 0 Å². The van der Waals surface area contributed by atoms with Gasteiger partial charge in [-0.15, -0.1) is 0 Å². The molecule has 0 atom stereocenters. The highest BCUT2D eigenvalue weighted by Gasteiger charge is 2.19. The second-order valence-electron chi connectivity index (χ2n) is 6.29. The average Bonchev–Trinajstić information content (AvgIpc) is 2.42. The van der Waals surface area contributed by atoms with E-state index in [0.29, 0.717) is 11.1 Å². The highest BCUT2D eigenvalue weighted by molar-refractivity contribution is 8.87. The fourth-order valence-corrected chi connectivity index (χ4v) is 5.08. The monoisotopic (exact) mass is 358 g/mol. The first-order chi connectivity index (χ1) is 11.2. The number of benzene rings is 2. The third-order valence-corrected chi connectivity index (χ3v) is 5.91. The highest BCUT2D eigenvalue weighted by atomic mass is 33.1.